The number of fused-ring (bicyclic) bond motifs is 2. The minimum absolute atomic E-state index is 0.0640. The number of rotatable bonds is 5. The maximum Gasteiger partial charge on any atom is 0.299 e. The molecule has 0 spiro atoms. The number of aryl methyl sites for hydroxylation is 1. The number of hydrogen-bond acceptors (Lipinski definition) is 4. The van der Waals surface area contributed by atoms with Crippen molar-refractivity contribution >= 4 is 27.6 Å². The minimum atomic E-state index is -3.58. The standard InChI is InChI=1S/C19H21FN4O3S/c1-2-21-28(25,26)24-15-5-8-17-13(10-15)11-27-19(22-17)23-18-7-3-12-9-14(20)4-6-16(12)18/h4-6,8-10,18,21,24H,2-3,7,11H2,1H3,(H,22,23). The first kappa shape index (κ1) is 18.7. The quantitative estimate of drug-likeness (QED) is 0.714. The third-order valence-electron chi connectivity index (χ3n) is 4.72. The van der Waals surface area contributed by atoms with Gasteiger partial charge in [0.2, 0.25) is 0 Å². The normalized spacial score (nSPS) is 19.5. The summed E-state index contributed by atoms with van der Waals surface area (Å²) in [5.74, 6) is -0.228. The number of nitrogens with zero attached hydrogens (tertiary/aromatic N) is 1. The van der Waals surface area contributed by atoms with Crippen molar-refractivity contribution in [3.63, 3.8) is 0 Å². The number of ether oxygens (including phenoxy) is 1. The zero-order chi connectivity index (χ0) is 19.7. The summed E-state index contributed by atoms with van der Waals surface area (Å²) in [5, 5.41) is 3.14. The average Bonchev–Trinajstić information content (AvgIpc) is 3.03. The van der Waals surface area contributed by atoms with Crippen LogP contribution in [0.3, 0.4) is 0 Å². The van der Waals surface area contributed by atoms with E-state index < -0.39 is 10.2 Å². The van der Waals surface area contributed by atoms with E-state index in [4.69, 9.17) is 4.74 Å². The molecule has 2 aromatic carbocycles. The van der Waals surface area contributed by atoms with Crippen LogP contribution >= 0.6 is 0 Å². The lowest BCUT2D eigenvalue weighted by Crippen LogP contribution is -2.30. The number of benzene rings is 2. The first-order valence-electron chi connectivity index (χ1n) is 9.10. The Morgan fingerprint density at radius 3 is 2.93 bits per heavy atom. The Morgan fingerprint density at radius 2 is 2.11 bits per heavy atom. The van der Waals surface area contributed by atoms with Crippen LogP contribution in [0.2, 0.25) is 0 Å². The smallest absolute Gasteiger partial charge is 0.299 e. The van der Waals surface area contributed by atoms with Gasteiger partial charge in [-0.1, -0.05) is 13.0 Å². The SMILES string of the molecule is CCNS(=O)(=O)Nc1ccc2c(c1)COC(=NC1CCc3cc(F)ccc31)N2. The summed E-state index contributed by atoms with van der Waals surface area (Å²) >= 11 is 0. The molecule has 1 heterocycles. The number of anilines is 2. The fourth-order valence-electron chi connectivity index (χ4n) is 3.49. The molecule has 9 heteroatoms. The van der Waals surface area contributed by atoms with Crippen molar-refractivity contribution in [1.82, 2.24) is 4.72 Å². The molecule has 0 saturated carbocycles. The third kappa shape index (κ3) is 3.95. The molecule has 0 aromatic heterocycles. The van der Waals surface area contributed by atoms with Gasteiger partial charge in [-0.3, -0.25) is 4.72 Å². The zero-order valence-electron chi connectivity index (χ0n) is 15.3. The number of hydrogen-bond donors (Lipinski definition) is 3. The largest absolute Gasteiger partial charge is 0.460 e. The van der Waals surface area contributed by atoms with Gasteiger partial charge in [-0.05, 0) is 54.3 Å². The Balaban J connectivity index is 1.50. The molecule has 7 nitrogen and oxygen atoms in total. The summed E-state index contributed by atoms with van der Waals surface area (Å²) in [6.45, 7) is 2.30. The van der Waals surface area contributed by atoms with Gasteiger partial charge in [-0.2, -0.15) is 13.1 Å². The Kier molecular flexibility index (Phi) is 4.94. The van der Waals surface area contributed by atoms with Gasteiger partial charge in [0, 0.05) is 17.8 Å². The fourth-order valence-corrected chi connectivity index (χ4v) is 4.38. The van der Waals surface area contributed by atoms with E-state index in [2.05, 4.69) is 19.8 Å². The molecule has 2 aromatic rings. The molecule has 1 atom stereocenters. The van der Waals surface area contributed by atoms with Gasteiger partial charge in [-0.15, -0.1) is 0 Å². The summed E-state index contributed by atoms with van der Waals surface area (Å²) in [7, 11) is -3.58. The second-order valence-electron chi connectivity index (χ2n) is 6.72. The summed E-state index contributed by atoms with van der Waals surface area (Å²) in [6, 6.07) is 10.3. The number of amidine groups is 1. The molecule has 4 rings (SSSR count). The molecule has 0 bridgehead atoms. The monoisotopic (exact) mass is 404 g/mol. The first-order chi connectivity index (χ1) is 13.4. The lowest BCUT2D eigenvalue weighted by molar-refractivity contribution is 0.282. The van der Waals surface area contributed by atoms with Crippen molar-refractivity contribution < 1.29 is 17.5 Å². The molecule has 0 radical (unpaired) electrons. The van der Waals surface area contributed by atoms with E-state index in [1.165, 1.54) is 6.07 Å². The Morgan fingerprint density at radius 1 is 1.25 bits per heavy atom. The highest BCUT2D eigenvalue weighted by molar-refractivity contribution is 7.90. The molecule has 148 valence electrons. The molecule has 1 aliphatic heterocycles. The van der Waals surface area contributed by atoms with Crippen LogP contribution in [0.25, 0.3) is 0 Å². The van der Waals surface area contributed by atoms with Crippen LogP contribution in [0, 0.1) is 5.82 Å². The molecule has 2 aliphatic rings. The van der Waals surface area contributed by atoms with Gasteiger partial charge in [0.15, 0.2) is 0 Å². The summed E-state index contributed by atoms with van der Waals surface area (Å²) in [6.07, 6.45) is 1.60. The zero-order valence-corrected chi connectivity index (χ0v) is 16.1. The van der Waals surface area contributed by atoms with Crippen LogP contribution in [0.4, 0.5) is 15.8 Å². The fraction of sp³-hybridized carbons (Fsp3) is 0.316. The molecule has 28 heavy (non-hydrogen) atoms. The van der Waals surface area contributed by atoms with Crippen molar-refractivity contribution in [2.45, 2.75) is 32.4 Å². The van der Waals surface area contributed by atoms with Crippen LogP contribution in [0.1, 0.15) is 36.1 Å². The molecular weight excluding hydrogens is 383 g/mol. The molecule has 1 aliphatic carbocycles. The van der Waals surface area contributed by atoms with E-state index in [-0.39, 0.29) is 18.5 Å². The highest BCUT2D eigenvalue weighted by Gasteiger charge is 2.24. The van der Waals surface area contributed by atoms with E-state index in [9.17, 15) is 12.8 Å². The van der Waals surface area contributed by atoms with Gasteiger partial charge in [-0.25, -0.2) is 9.38 Å². The molecule has 0 fully saturated rings. The van der Waals surface area contributed by atoms with Crippen LogP contribution in [0.5, 0.6) is 0 Å². The highest BCUT2D eigenvalue weighted by Crippen LogP contribution is 2.35. The van der Waals surface area contributed by atoms with E-state index in [1.54, 1.807) is 37.3 Å². The lowest BCUT2D eigenvalue weighted by atomic mass is 10.1. The Bertz CT molecular complexity index is 1040. The van der Waals surface area contributed by atoms with Crippen molar-refractivity contribution in [1.29, 1.82) is 0 Å². The van der Waals surface area contributed by atoms with Gasteiger partial charge < -0.3 is 10.1 Å². The number of aliphatic imine (C=N–C) groups is 1. The minimum Gasteiger partial charge on any atom is -0.460 e. The molecule has 0 saturated heterocycles. The van der Waals surface area contributed by atoms with Crippen LogP contribution in [-0.2, 0) is 28.0 Å². The van der Waals surface area contributed by atoms with Crippen molar-refractivity contribution in [2.24, 2.45) is 4.99 Å². The van der Waals surface area contributed by atoms with Crippen molar-refractivity contribution in [2.75, 3.05) is 16.6 Å². The molecular formula is C19H21FN4O3S. The van der Waals surface area contributed by atoms with Gasteiger partial charge in [0.1, 0.15) is 12.4 Å². The number of halogens is 1. The first-order valence-corrected chi connectivity index (χ1v) is 10.6. The second kappa shape index (κ2) is 7.40. The Hall–Kier alpha value is -2.65. The maximum absolute atomic E-state index is 13.4. The van der Waals surface area contributed by atoms with E-state index in [0.29, 0.717) is 18.3 Å². The maximum atomic E-state index is 13.4. The predicted octanol–water partition coefficient (Wildman–Crippen LogP) is 3.08. The summed E-state index contributed by atoms with van der Waals surface area (Å²) in [5.41, 5.74) is 4.11. The van der Waals surface area contributed by atoms with Crippen LogP contribution < -0.4 is 14.8 Å². The van der Waals surface area contributed by atoms with E-state index in [0.717, 1.165) is 35.2 Å². The molecule has 1 unspecified atom stereocenters. The average molecular weight is 404 g/mol. The van der Waals surface area contributed by atoms with Crippen molar-refractivity contribution in [3.05, 3.63) is 58.9 Å². The molecule has 0 amide bonds. The highest BCUT2D eigenvalue weighted by atomic mass is 32.2. The topological polar surface area (TPSA) is 91.8 Å². The van der Waals surface area contributed by atoms with Gasteiger partial charge in [0.25, 0.3) is 16.2 Å². The lowest BCUT2D eigenvalue weighted by Gasteiger charge is -2.22. The van der Waals surface area contributed by atoms with Crippen LogP contribution in [0.15, 0.2) is 41.4 Å². The van der Waals surface area contributed by atoms with Crippen LogP contribution in [-0.4, -0.2) is 21.0 Å². The number of nitrogens with one attached hydrogen (secondary N) is 3. The molecule has 3 N–H and O–H groups in total. The third-order valence-corrected chi connectivity index (χ3v) is 5.90. The van der Waals surface area contributed by atoms with Gasteiger partial charge >= 0.3 is 0 Å². The van der Waals surface area contributed by atoms with E-state index in [1.807, 2.05) is 0 Å². The summed E-state index contributed by atoms with van der Waals surface area (Å²) < 4.78 is 47.6. The summed E-state index contributed by atoms with van der Waals surface area (Å²) in [4.78, 5) is 4.65. The Labute approximate surface area is 163 Å². The predicted molar refractivity (Wildman–Crippen MR) is 106 cm³/mol. The second-order valence-corrected chi connectivity index (χ2v) is 8.22. The van der Waals surface area contributed by atoms with Gasteiger partial charge in [0.05, 0.1) is 11.7 Å². The van der Waals surface area contributed by atoms with E-state index >= 15 is 0 Å². The van der Waals surface area contributed by atoms with Crippen molar-refractivity contribution in [3.8, 4) is 0 Å².